The molecule has 0 amide bonds. The Kier molecular flexibility index (Phi) is 3.44. The van der Waals surface area contributed by atoms with E-state index >= 15 is 0 Å². The molecule has 2 nitrogen and oxygen atoms in total. The lowest BCUT2D eigenvalue weighted by Gasteiger charge is -2.05. The highest BCUT2D eigenvalue weighted by atomic mass is 35.5. The van der Waals surface area contributed by atoms with E-state index in [0.29, 0.717) is 15.7 Å². The van der Waals surface area contributed by atoms with Gasteiger partial charge in [0.2, 0.25) is 0 Å². The lowest BCUT2D eigenvalue weighted by molar-refractivity contribution is 0.282. The molecule has 82 valence electrons. The third kappa shape index (κ3) is 2.35. The molecule has 0 radical (unpaired) electrons. The molecular weight excluding hydrogens is 245 g/mol. The van der Waals surface area contributed by atoms with Gasteiger partial charge in [0, 0.05) is 11.8 Å². The largest absolute Gasteiger partial charge is 0.392 e. The third-order valence-electron chi connectivity index (χ3n) is 2.19. The second kappa shape index (κ2) is 4.83. The number of benzene rings is 1. The zero-order valence-corrected chi connectivity index (χ0v) is 9.83. The van der Waals surface area contributed by atoms with Gasteiger partial charge in [-0.2, -0.15) is 0 Å². The summed E-state index contributed by atoms with van der Waals surface area (Å²) in [6.07, 6.45) is 1.55. The molecule has 0 spiro atoms. The van der Waals surface area contributed by atoms with E-state index in [-0.39, 0.29) is 6.61 Å². The van der Waals surface area contributed by atoms with E-state index in [0.717, 1.165) is 11.1 Å². The van der Waals surface area contributed by atoms with Gasteiger partial charge in [-0.3, -0.25) is 4.98 Å². The Hall–Kier alpha value is -1.09. The van der Waals surface area contributed by atoms with Gasteiger partial charge >= 0.3 is 0 Å². The van der Waals surface area contributed by atoms with E-state index in [9.17, 15) is 0 Å². The second-order valence-electron chi connectivity index (χ2n) is 3.34. The number of rotatable bonds is 2. The van der Waals surface area contributed by atoms with E-state index in [1.165, 1.54) is 0 Å². The van der Waals surface area contributed by atoms with Gasteiger partial charge in [0.25, 0.3) is 0 Å². The number of nitrogens with zero attached hydrogens (tertiary/aromatic N) is 1. The Morgan fingerprint density at radius 1 is 1.19 bits per heavy atom. The van der Waals surface area contributed by atoms with Crippen molar-refractivity contribution in [3.05, 3.63) is 52.1 Å². The predicted octanol–water partition coefficient (Wildman–Crippen LogP) is 3.55. The molecule has 1 aromatic carbocycles. The van der Waals surface area contributed by atoms with Crippen LogP contribution >= 0.6 is 23.2 Å². The lowest BCUT2D eigenvalue weighted by atomic mass is 10.1. The zero-order valence-electron chi connectivity index (χ0n) is 8.32. The number of aliphatic hydroxyl groups excluding tert-OH is 1. The number of aliphatic hydroxyl groups is 1. The molecule has 0 fully saturated rings. The normalized spacial score (nSPS) is 10.4. The van der Waals surface area contributed by atoms with E-state index in [1.54, 1.807) is 12.3 Å². The van der Waals surface area contributed by atoms with Gasteiger partial charge in [-0.1, -0.05) is 41.4 Å². The Morgan fingerprint density at radius 2 is 2.00 bits per heavy atom. The third-order valence-corrected chi connectivity index (χ3v) is 2.69. The van der Waals surface area contributed by atoms with Gasteiger partial charge in [-0.25, -0.2) is 0 Å². The van der Waals surface area contributed by atoms with Crippen LogP contribution in [0.2, 0.25) is 10.0 Å². The second-order valence-corrected chi connectivity index (χ2v) is 4.19. The summed E-state index contributed by atoms with van der Waals surface area (Å²) < 4.78 is 0. The van der Waals surface area contributed by atoms with Crippen LogP contribution in [0.5, 0.6) is 0 Å². The number of hydrogen-bond acceptors (Lipinski definition) is 2. The fourth-order valence-electron chi connectivity index (χ4n) is 1.44. The Bertz CT molecular complexity index is 514. The minimum atomic E-state index is -0.000944. The molecule has 0 atom stereocenters. The van der Waals surface area contributed by atoms with E-state index in [2.05, 4.69) is 4.98 Å². The summed E-state index contributed by atoms with van der Waals surface area (Å²) >= 11 is 11.8. The minimum absolute atomic E-state index is 0.000944. The van der Waals surface area contributed by atoms with Crippen molar-refractivity contribution in [3.8, 4) is 11.3 Å². The number of aromatic nitrogens is 1. The lowest BCUT2D eigenvalue weighted by Crippen LogP contribution is -1.88. The smallest absolute Gasteiger partial charge is 0.0889 e. The molecule has 0 saturated heterocycles. The van der Waals surface area contributed by atoms with Crippen molar-refractivity contribution in [2.45, 2.75) is 6.61 Å². The topological polar surface area (TPSA) is 33.1 Å². The van der Waals surface area contributed by atoms with E-state index in [4.69, 9.17) is 28.3 Å². The SMILES string of the molecule is OCc1cccc(-c2ncc(Cl)cc2Cl)c1. The predicted molar refractivity (Wildman–Crippen MR) is 65.6 cm³/mol. The van der Waals surface area contributed by atoms with Gasteiger partial charge in [0.05, 0.1) is 22.3 Å². The van der Waals surface area contributed by atoms with Crippen molar-refractivity contribution < 1.29 is 5.11 Å². The monoisotopic (exact) mass is 253 g/mol. The number of pyridine rings is 1. The van der Waals surface area contributed by atoms with Crippen LogP contribution in [0.4, 0.5) is 0 Å². The Balaban J connectivity index is 2.49. The molecule has 16 heavy (non-hydrogen) atoms. The first-order chi connectivity index (χ1) is 7.70. The standard InChI is InChI=1S/C12H9Cl2NO/c13-10-5-11(14)12(15-6-10)9-3-1-2-8(4-9)7-16/h1-6,16H,7H2. The molecule has 2 rings (SSSR count). The van der Waals surface area contributed by atoms with E-state index < -0.39 is 0 Å². The van der Waals surface area contributed by atoms with Crippen LogP contribution in [0.15, 0.2) is 36.5 Å². The molecule has 0 bridgehead atoms. The molecule has 0 aliphatic rings. The summed E-state index contributed by atoms with van der Waals surface area (Å²) in [6, 6.07) is 9.08. The van der Waals surface area contributed by atoms with Crippen LogP contribution in [0.1, 0.15) is 5.56 Å². The molecule has 1 N–H and O–H groups in total. The molecule has 0 aliphatic carbocycles. The van der Waals surface area contributed by atoms with Crippen molar-refractivity contribution in [2.75, 3.05) is 0 Å². The molecular formula is C12H9Cl2NO. The molecule has 4 heteroatoms. The van der Waals surface area contributed by atoms with Crippen molar-refractivity contribution in [3.63, 3.8) is 0 Å². The summed E-state index contributed by atoms with van der Waals surface area (Å²) in [5.41, 5.74) is 2.36. The zero-order chi connectivity index (χ0) is 11.5. The molecule has 0 aliphatic heterocycles. The van der Waals surface area contributed by atoms with Crippen LogP contribution in [0.25, 0.3) is 11.3 Å². The Labute approximate surface area is 103 Å². The summed E-state index contributed by atoms with van der Waals surface area (Å²) in [5.74, 6) is 0. The Morgan fingerprint density at radius 3 is 2.69 bits per heavy atom. The van der Waals surface area contributed by atoms with Gasteiger partial charge in [0.15, 0.2) is 0 Å². The number of hydrogen-bond donors (Lipinski definition) is 1. The van der Waals surface area contributed by atoms with Crippen molar-refractivity contribution in [2.24, 2.45) is 0 Å². The first-order valence-corrected chi connectivity index (χ1v) is 5.47. The van der Waals surface area contributed by atoms with Crippen LogP contribution in [-0.2, 0) is 6.61 Å². The maximum atomic E-state index is 9.05. The molecule has 1 aromatic heterocycles. The summed E-state index contributed by atoms with van der Waals surface area (Å²) in [4.78, 5) is 4.18. The maximum absolute atomic E-state index is 9.05. The minimum Gasteiger partial charge on any atom is -0.392 e. The average Bonchev–Trinajstić information content (AvgIpc) is 2.29. The fourth-order valence-corrected chi connectivity index (χ4v) is 1.93. The van der Waals surface area contributed by atoms with Crippen LogP contribution in [0, 0.1) is 0 Å². The van der Waals surface area contributed by atoms with Gasteiger partial charge < -0.3 is 5.11 Å². The van der Waals surface area contributed by atoms with Crippen molar-refractivity contribution in [1.29, 1.82) is 0 Å². The van der Waals surface area contributed by atoms with Crippen LogP contribution < -0.4 is 0 Å². The summed E-state index contributed by atoms with van der Waals surface area (Å²) in [5, 5.41) is 10.1. The van der Waals surface area contributed by atoms with Crippen LogP contribution in [-0.4, -0.2) is 10.1 Å². The fraction of sp³-hybridized carbons (Fsp3) is 0.0833. The van der Waals surface area contributed by atoms with Gasteiger partial charge in [-0.05, 0) is 17.7 Å². The first kappa shape index (κ1) is 11.4. The first-order valence-electron chi connectivity index (χ1n) is 4.72. The average molecular weight is 254 g/mol. The number of halogens is 2. The van der Waals surface area contributed by atoms with Crippen molar-refractivity contribution >= 4 is 23.2 Å². The van der Waals surface area contributed by atoms with Crippen molar-refractivity contribution in [1.82, 2.24) is 4.98 Å². The highest BCUT2D eigenvalue weighted by Crippen LogP contribution is 2.28. The molecule has 0 saturated carbocycles. The molecule has 2 aromatic rings. The molecule has 1 heterocycles. The van der Waals surface area contributed by atoms with Gasteiger partial charge in [-0.15, -0.1) is 0 Å². The van der Waals surface area contributed by atoms with Crippen LogP contribution in [0.3, 0.4) is 0 Å². The maximum Gasteiger partial charge on any atom is 0.0889 e. The summed E-state index contributed by atoms with van der Waals surface area (Å²) in [7, 11) is 0. The quantitative estimate of drug-likeness (QED) is 0.888. The van der Waals surface area contributed by atoms with E-state index in [1.807, 2.05) is 24.3 Å². The highest BCUT2D eigenvalue weighted by molar-refractivity contribution is 6.36. The van der Waals surface area contributed by atoms with Gasteiger partial charge in [0.1, 0.15) is 0 Å². The highest BCUT2D eigenvalue weighted by Gasteiger charge is 2.06. The molecule has 0 unspecified atom stereocenters. The summed E-state index contributed by atoms with van der Waals surface area (Å²) in [6.45, 7) is -0.000944.